The van der Waals surface area contributed by atoms with Crippen LogP contribution in [0.5, 0.6) is 17.2 Å². The quantitative estimate of drug-likeness (QED) is 0.273. The predicted molar refractivity (Wildman–Crippen MR) is 146 cm³/mol. The first kappa shape index (κ1) is 26.7. The lowest BCUT2D eigenvalue weighted by Crippen LogP contribution is -2.12. The lowest BCUT2D eigenvalue weighted by atomic mass is 10.00. The maximum atomic E-state index is 14.3. The van der Waals surface area contributed by atoms with Crippen molar-refractivity contribution in [3.8, 4) is 17.2 Å². The Kier molecular flexibility index (Phi) is 7.96. The first-order valence-corrected chi connectivity index (χ1v) is 12.2. The molecule has 3 aromatic rings. The third kappa shape index (κ3) is 5.78. The Morgan fingerprint density at radius 2 is 1.66 bits per heavy atom. The van der Waals surface area contributed by atoms with Crippen molar-refractivity contribution in [1.29, 1.82) is 0 Å². The molecule has 1 N–H and O–H groups in total. The average molecular weight is 516 g/mol. The van der Waals surface area contributed by atoms with Crippen LogP contribution in [0.15, 0.2) is 66.2 Å². The summed E-state index contributed by atoms with van der Waals surface area (Å²) in [6.07, 6.45) is 2.66. The normalized spacial score (nSPS) is 13.4. The molecule has 6 nitrogen and oxygen atoms in total. The van der Waals surface area contributed by atoms with E-state index in [1.54, 1.807) is 18.2 Å². The summed E-state index contributed by atoms with van der Waals surface area (Å²) in [4.78, 5) is 24.5. The highest BCUT2D eigenvalue weighted by Gasteiger charge is 2.26. The number of carbonyl (C=O) groups excluding carboxylic acids is 2. The average Bonchev–Trinajstić information content (AvgIpc) is 3.12. The SMILES string of the molecule is COc1cc(C/C=C2/C(C)=C(CC(=O)Nc3cccc(C)c3)c3cc(F)ccc32)cc(OC)c1OC(C)=O. The summed E-state index contributed by atoms with van der Waals surface area (Å²) >= 11 is 0. The van der Waals surface area contributed by atoms with Gasteiger partial charge in [-0.15, -0.1) is 0 Å². The second-order valence-electron chi connectivity index (χ2n) is 9.13. The number of carbonyl (C=O) groups is 2. The van der Waals surface area contributed by atoms with Gasteiger partial charge in [-0.05, 0) is 95.6 Å². The molecule has 196 valence electrons. The van der Waals surface area contributed by atoms with Gasteiger partial charge in [0.05, 0.1) is 20.6 Å². The van der Waals surface area contributed by atoms with Crippen molar-refractivity contribution in [2.45, 2.75) is 33.6 Å². The first-order valence-electron chi connectivity index (χ1n) is 12.2. The molecule has 0 heterocycles. The highest BCUT2D eigenvalue weighted by Crippen LogP contribution is 2.44. The zero-order valence-electron chi connectivity index (χ0n) is 22.1. The largest absolute Gasteiger partial charge is 0.493 e. The minimum absolute atomic E-state index is 0.117. The molecule has 1 aliphatic carbocycles. The van der Waals surface area contributed by atoms with Crippen LogP contribution in [0.4, 0.5) is 10.1 Å². The number of rotatable bonds is 8. The smallest absolute Gasteiger partial charge is 0.308 e. The monoisotopic (exact) mass is 515 g/mol. The van der Waals surface area contributed by atoms with Crippen molar-refractivity contribution in [2.24, 2.45) is 0 Å². The maximum absolute atomic E-state index is 14.3. The number of esters is 1. The van der Waals surface area contributed by atoms with E-state index in [0.29, 0.717) is 23.5 Å². The highest BCUT2D eigenvalue weighted by molar-refractivity contribution is 6.06. The molecule has 0 aliphatic heterocycles. The number of halogens is 1. The van der Waals surface area contributed by atoms with Crippen LogP contribution in [0.1, 0.15) is 42.5 Å². The van der Waals surface area contributed by atoms with Gasteiger partial charge in [0.25, 0.3) is 0 Å². The Bertz CT molecular complexity index is 1450. The third-order valence-electron chi connectivity index (χ3n) is 6.40. The van der Waals surface area contributed by atoms with Gasteiger partial charge in [-0.2, -0.15) is 0 Å². The molecule has 3 aromatic carbocycles. The number of allylic oxidation sites excluding steroid dienone is 3. The van der Waals surface area contributed by atoms with E-state index in [1.165, 1.54) is 33.3 Å². The molecule has 7 heteroatoms. The molecule has 0 bridgehead atoms. The highest BCUT2D eigenvalue weighted by atomic mass is 19.1. The Morgan fingerprint density at radius 3 is 2.29 bits per heavy atom. The second-order valence-corrected chi connectivity index (χ2v) is 9.13. The molecular weight excluding hydrogens is 485 g/mol. The molecule has 0 aromatic heterocycles. The van der Waals surface area contributed by atoms with E-state index in [-0.39, 0.29) is 23.9 Å². The van der Waals surface area contributed by atoms with E-state index >= 15 is 0 Å². The number of hydrogen-bond acceptors (Lipinski definition) is 5. The van der Waals surface area contributed by atoms with Crippen LogP contribution in [0.2, 0.25) is 0 Å². The summed E-state index contributed by atoms with van der Waals surface area (Å²) in [6.45, 7) is 5.22. The number of anilines is 1. The van der Waals surface area contributed by atoms with Crippen LogP contribution in [-0.4, -0.2) is 26.1 Å². The van der Waals surface area contributed by atoms with Gasteiger partial charge in [-0.3, -0.25) is 9.59 Å². The Balaban J connectivity index is 1.65. The first-order chi connectivity index (χ1) is 18.2. The summed E-state index contributed by atoms with van der Waals surface area (Å²) in [6, 6.07) is 15.8. The van der Waals surface area contributed by atoms with E-state index in [9.17, 15) is 14.0 Å². The van der Waals surface area contributed by atoms with Crippen molar-refractivity contribution in [3.63, 3.8) is 0 Å². The molecule has 1 amide bonds. The number of benzene rings is 3. The zero-order chi connectivity index (χ0) is 27.4. The predicted octanol–water partition coefficient (Wildman–Crippen LogP) is 6.52. The standard InChI is InChI=1S/C31H30FNO5/c1-18-7-6-8-23(13-18)33-30(35)17-26-19(2)24(25-12-10-22(32)16-27(25)26)11-9-21-14-28(36-4)31(38-20(3)34)29(15-21)37-5/h6-8,10-16H,9,17H2,1-5H3,(H,33,35)/b24-11-. The topological polar surface area (TPSA) is 73.9 Å². The van der Waals surface area contributed by atoms with Crippen LogP contribution in [0.25, 0.3) is 11.1 Å². The molecule has 0 unspecified atom stereocenters. The molecular formula is C31H30FNO5. The van der Waals surface area contributed by atoms with Crippen molar-refractivity contribution in [2.75, 3.05) is 19.5 Å². The molecule has 0 saturated heterocycles. The molecule has 38 heavy (non-hydrogen) atoms. The van der Waals surface area contributed by atoms with E-state index in [2.05, 4.69) is 5.32 Å². The van der Waals surface area contributed by atoms with Crippen LogP contribution in [0, 0.1) is 12.7 Å². The Labute approximate surface area is 221 Å². The fraction of sp³-hybridized carbons (Fsp3) is 0.226. The summed E-state index contributed by atoms with van der Waals surface area (Å²) in [7, 11) is 2.99. The summed E-state index contributed by atoms with van der Waals surface area (Å²) in [5, 5.41) is 2.94. The lowest BCUT2D eigenvalue weighted by Gasteiger charge is -2.14. The van der Waals surface area contributed by atoms with Crippen molar-refractivity contribution in [3.05, 3.63) is 94.3 Å². The number of hydrogen-bond donors (Lipinski definition) is 1. The molecule has 4 rings (SSSR count). The number of fused-ring (bicyclic) bond motifs is 1. The summed E-state index contributed by atoms with van der Waals surface area (Å²) < 4.78 is 30.4. The minimum Gasteiger partial charge on any atom is -0.493 e. The van der Waals surface area contributed by atoms with Crippen LogP contribution < -0.4 is 19.5 Å². The number of amides is 1. The number of ether oxygens (including phenoxy) is 3. The van der Waals surface area contributed by atoms with Gasteiger partial charge in [0, 0.05) is 12.6 Å². The second kappa shape index (κ2) is 11.3. The van der Waals surface area contributed by atoms with Gasteiger partial charge >= 0.3 is 5.97 Å². The van der Waals surface area contributed by atoms with E-state index in [0.717, 1.165) is 39.1 Å². The van der Waals surface area contributed by atoms with Crippen LogP contribution in [-0.2, 0) is 16.0 Å². The number of nitrogens with one attached hydrogen (secondary N) is 1. The van der Waals surface area contributed by atoms with Gasteiger partial charge in [0.15, 0.2) is 11.5 Å². The summed E-state index contributed by atoms with van der Waals surface area (Å²) in [5.41, 5.74) is 6.86. The summed E-state index contributed by atoms with van der Waals surface area (Å²) in [5.74, 6) is -0.0309. The van der Waals surface area contributed by atoms with Gasteiger partial charge in [0.1, 0.15) is 5.82 Å². The van der Waals surface area contributed by atoms with E-state index in [4.69, 9.17) is 14.2 Å². The molecule has 0 atom stereocenters. The van der Waals surface area contributed by atoms with Crippen molar-refractivity contribution in [1.82, 2.24) is 0 Å². The van der Waals surface area contributed by atoms with Crippen molar-refractivity contribution < 1.29 is 28.2 Å². The minimum atomic E-state index is -0.481. The fourth-order valence-corrected chi connectivity index (χ4v) is 4.66. The zero-order valence-corrected chi connectivity index (χ0v) is 22.1. The third-order valence-corrected chi connectivity index (χ3v) is 6.40. The molecule has 1 aliphatic rings. The molecule has 0 saturated carbocycles. The maximum Gasteiger partial charge on any atom is 0.308 e. The van der Waals surface area contributed by atoms with Crippen molar-refractivity contribution >= 4 is 28.7 Å². The molecule has 0 radical (unpaired) electrons. The van der Waals surface area contributed by atoms with E-state index in [1.807, 2.05) is 44.2 Å². The number of aryl methyl sites for hydroxylation is 1. The fourth-order valence-electron chi connectivity index (χ4n) is 4.66. The Morgan fingerprint density at radius 1 is 0.947 bits per heavy atom. The Hall–Kier alpha value is -4.39. The van der Waals surface area contributed by atoms with Gasteiger partial charge in [-0.1, -0.05) is 24.3 Å². The van der Waals surface area contributed by atoms with Gasteiger partial charge in [0.2, 0.25) is 11.7 Å². The van der Waals surface area contributed by atoms with Crippen LogP contribution in [0.3, 0.4) is 0 Å². The van der Waals surface area contributed by atoms with E-state index < -0.39 is 5.97 Å². The number of methoxy groups -OCH3 is 2. The van der Waals surface area contributed by atoms with Gasteiger partial charge in [-0.25, -0.2) is 4.39 Å². The van der Waals surface area contributed by atoms with Crippen LogP contribution >= 0.6 is 0 Å². The molecule has 0 spiro atoms. The molecule has 0 fully saturated rings. The van der Waals surface area contributed by atoms with Gasteiger partial charge < -0.3 is 19.5 Å². The lowest BCUT2D eigenvalue weighted by molar-refractivity contribution is -0.132.